The molecule has 0 amide bonds. The average molecular weight is 392 g/mol. The smallest absolute Gasteiger partial charge is 0.243 e. The van der Waals surface area contributed by atoms with E-state index in [0.29, 0.717) is 26.1 Å². The van der Waals surface area contributed by atoms with Crippen molar-refractivity contribution in [3.8, 4) is 0 Å². The molecule has 3 heterocycles. The molecule has 136 valence electrons. The van der Waals surface area contributed by atoms with E-state index in [2.05, 4.69) is 14.9 Å². The number of hydrogen-bond acceptors (Lipinski definition) is 6. The molecule has 4 rings (SSSR count). The Bertz CT molecular complexity index is 1020. The summed E-state index contributed by atoms with van der Waals surface area (Å²) in [5.74, 6) is 0.395. The molecule has 0 aliphatic carbocycles. The first kappa shape index (κ1) is 17.3. The van der Waals surface area contributed by atoms with Gasteiger partial charge < -0.3 is 4.90 Å². The van der Waals surface area contributed by atoms with Crippen molar-refractivity contribution in [3.63, 3.8) is 0 Å². The highest BCUT2D eigenvalue weighted by atomic mass is 32.2. The normalized spacial score (nSPS) is 16.7. The third-order valence-electron chi connectivity index (χ3n) is 4.45. The van der Waals surface area contributed by atoms with Crippen molar-refractivity contribution >= 4 is 37.4 Å². The van der Waals surface area contributed by atoms with Gasteiger partial charge in [0.05, 0.1) is 10.3 Å². The lowest BCUT2D eigenvalue weighted by Crippen LogP contribution is -2.35. The van der Waals surface area contributed by atoms with Gasteiger partial charge in [-0.15, -0.1) is 11.3 Å². The maximum Gasteiger partial charge on any atom is 0.243 e. The Morgan fingerprint density at radius 1 is 1.00 bits per heavy atom. The predicted molar refractivity (Wildman–Crippen MR) is 99.4 cm³/mol. The molecule has 0 spiro atoms. The molecule has 2 aromatic heterocycles. The standard InChI is InChI=1S/C17H17FN4O2S2/c18-13-2-4-14(5-3-13)26(23,24)22-8-1-7-21(9-10-22)16-15-6-11-25-17(15)20-12-19-16/h2-6,11-12H,1,7-10H2. The fourth-order valence-electron chi connectivity index (χ4n) is 3.13. The molecule has 0 unspecified atom stereocenters. The van der Waals surface area contributed by atoms with E-state index in [0.717, 1.165) is 22.6 Å². The molecule has 3 aromatic rings. The van der Waals surface area contributed by atoms with Crippen molar-refractivity contribution in [2.24, 2.45) is 0 Å². The van der Waals surface area contributed by atoms with E-state index in [9.17, 15) is 12.8 Å². The molecule has 0 atom stereocenters. The Morgan fingerprint density at radius 3 is 2.62 bits per heavy atom. The Hall–Kier alpha value is -2.10. The van der Waals surface area contributed by atoms with Gasteiger partial charge in [-0.1, -0.05) is 0 Å². The molecule has 1 fully saturated rings. The molecular weight excluding hydrogens is 375 g/mol. The summed E-state index contributed by atoms with van der Waals surface area (Å²) in [4.78, 5) is 11.8. The van der Waals surface area contributed by atoms with Gasteiger partial charge in [0.25, 0.3) is 0 Å². The van der Waals surface area contributed by atoms with E-state index in [1.54, 1.807) is 17.7 Å². The largest absolute Gasteiger partial charge is 0.355 e. The van der Waals surface area contributed by atoms with Crippen LogP contribution in [0.25, 0.3) is 10.2 Å². The number of nitrogens with zero attached hydrogens (tertiary/aromatic N) is 4. The highest BCUT2D eigenvalue weighted by Gasteiger charge is 2.27. The van der Waals surface area contributed by atoms with Crippen molar-refractivity contribution in [2.45, 2.75) is 11.3 Å². The minimum absolute atomic E-state index is 0.120. The molecule has 1 aliphatic rings. The van der Waals surface area contributed by atoms with Crippen molar-refractivity contribution in [2.75, 3.05) is 31.1 Å². The number of fused-ring (bicyclic) bond motifs is 1. The van der Waals surface area contributed by atoms with Gasteiger partial charge in [0.15, 0.2) is 0 Å². The molecule has 0 N–H and O–H groups in total. The number of sulfonamides is 1. The Morgan fingerprint density at radius 2 is 1.81 bits per heavy atom. The molecule has 1 aliphatic heterocycles. The second-order valence-corrected chi connectivity index (χ2v) is 8.87. The van der Waals surface area contributed by atoms with Crippen LogP contribution in [-0.4, -0.2) is 48.9 Å². The third kappa shape index (κ3) is 3.17. The van der Waals surface area contributed by atoms with Crippen LogP contribution in [0.2, 0.25) is 0 Å². The lowest BCUT2D eigenvalue weighted by Gasteiger charge is -2.23. The van der Waals surface area contributed by atoms with Gasteiger partial charge in [-0.05, 0) is 42.1 Å². The average Bonchev–Trinajstić information content (AvgIpc) is 2.98. The van der Waals surface area contributed by atoms with Crippen molar-refractivity contribution < 1.29 is 12.8 Å². The van der Waals surface area contributed by atoms with E-state index in [1.807, 2.05) is 11.4 Å². The summed E-state index contributed by atoms with van der Waals surface area (Å²) < 4.78 is 40.2. The summed E-state index contributed by atoms with van der Waals surface area (Å²) in [6.45, 7) is 2.04. The number of benzene rings is 1. The van der Waals surface area contributed by atoms with Crippen LogP contribution < -0.4 is 4.90 Å². The minimum atomic E-state index is -3.63. The SMILES string of the molecule is O=S(=O)(c1ccc(F)cc1)N1CCCN(c2ncnc3sccc23)CC1. The quantitative estimate of drug-likeness (QED) is 0.686. The molecule has 0 saturated carbocycles. The van der Waals surface area contributed by atoms with Gasteiger partial charge in [0.2, 0.25) is 10.0 Å². The summed E-state index contributed by atoms with van der Waals surface area (Å²) in [7, 11) is -3.63. The Kier molecular flexibility index (Phi) is 4.60. The molecule has 26 heavy (non-hydrogen) atoms. The third-order valence-corrected chi connectivity index (χ3v) is 7.18. The van der Waals surface area contributed by atoms with E-state index in [4.69, 9.17) is 0 Å². The van der Waals surface area contributed by atoms with Crippen molar-refractivity contribution in [1.29, 1.82) is 0 Å². The zero-order valence-electron chi connectivity index (χ0n) is 13.9. The van der Waals surface area contributed by atoms with Crippen LogP contribution in [0.5, 0.6) is 0 Å². The lowest BCUT2D eigenvalue weighted by molar-refractivity contribution is 0.433. The van der Waals surface area contributed by atoms with Crippen LogP contribution in [0.15, 0.2) is 46.9 Å². The Balaban J connectivity index is 1.57. The van der Waals surface area contributed by atoms with Gasteiger partial charge in [-0.2, -0.15) is 4.31 Å². The van der Waals surface area contributed by atoms with E-state index in [-0.39, 0.29) is 4.90 Å². The number of aromatic nitrogens is 2. The summed E-state index contributed by atoms with van der Waals surface area (Å²) in [6, 6.07) is 6.96. The molecular formula is C17H17FN4O2S2. The first-order chi connectivity index (χ1) is 12.6. The van der Waals surface area contributed by atoms with Crippen LogP contribution in [0, 0.1) is 5.82 Å². The zero-order chi connectivity index (χ0) is 18.1. The molecule has 0 bridgehead atoms. The van der Waals surface area contributed by atoms with Gasteiger partial charge in [0.1, 0.15) is 22.8 Å². The van der Waals surface area contributed by atoms with Gasteiger partial charge >= 0.3 is 0 Å². The summed E-state index contributed by atoms with van der Waals surface area (Å²) >= 11 is 1.56. The number of hydrogen-bond donors (Lipinski definition) is 0. The van der Waals surface area contributed by atoms with Gasteiger partial charge in [-0.25, -0.2) is 22.8 Å². The second kappa shape index (κ2) is 6.90. The monoisotopic (exact) mass is 392 g/mol. The van der Waals surface area contributed by atoms with Crippen LogP contribution >= 0.6 is 11.3 Å². The number of anilines is 1. The molecule has 0 radical (unpaired) electrons. The maximum absolute atomic E-state index is 13.1. The predicted octanol–water partition coefficient (Wildman–Crippen LogP) is 2.73. The molecule has 6 nitrogen and oxygen atoms in total. The van der Waals surface area contributed by atoms with Gasteiger partial charge in [0, 0.05) is 26.2 Å². The lowest BCUT2D eigenvalue weighted by atomic mass is 10.3. The highest BCUT2D eigenvalue weighted by Crippen LogP contribution is 2.28. The highest BCUT2D eigenvalue weighted by molar-refractivity contribution is 7.89. The van der Waals surface area contributed by atoms with Crippen LogP contribution in [0.4, 0.5) is 10.2 Å². The van der Waals surface area contributed by atoms with E-state index in [1.165, 1.54) is 28.6 Å². The summed E-state index contributed by atoms with van der Waals surface area (Å²) in [5.41, 5.74) is 0. The van der Waals surface area contributed by atoms with Crippen LogP contribution in [0.3, 0.4) is 0 Å². The van der Waals surface area contributed by atoms with Crippen LogP contribution in [0.1, 0.15) is 6.42 Å². The van der Waals surface area contributed by atoms with E-state index >= 15 is 0 Å². The first-order valence-electron chi connectivity index (χ1n) is 8.24. The van der Waals surface area contributed by atoms with Crippen molar-refractivity contribution in [1.82, 2.24) is 14.3 Å². The molecule has 9 heteroatoms. The van der Waals surface area contributed by atoms with Crippen LogP contribution in [-0.2, 0) is 10.0 Å². The fourth-order valence-corrected chi connectivity index (χ4v) is 5.33. The molecule has 1 saturated heterocycles. The summed E-state index contributed by atoms with van der Waals surface area (Å²) in [6.07, 6.45) is 2.24. The van der Waals surface area contributed by atoms with Crippen molar-refractivity contribution in [3.05, 3.63) is 47.9 Å². The number of thiophene rings is 1. The minimum Gasteiger partial charge on any atom is -0.355 e. The van der Waals surface area contributed by atoms with E-state index < -0.39 is 15.8 Å². The number of rotatable bonds is 3. The Labute approximate surface area is 155 Å². The fraction of sp³-hybridized carbons (Fsp3) is 0.294. The topological polar surface area (TPSA) is 66.4 Å². The summed E-state index contributed by atoms with van der Waals surface area (Å²) in [5, 5.41) is 2.97. The van der Waals surface area contributed by atoms with Gasteiger partial charge in [-0.3, -0.25) is 0 Å². The first-order valence-corrected chi connectivity index (χ1v) is 10.6. The number of halogens is 1. The zero-order valence-corrected chi connectivity index (χ0v) is 15.5. The maximum atomic E-state index is 13.1. The molecule has 1 aromatic carbocycles. The second-order valence-electron chi connectivity index (χ2n) is 6.04.